The maximum atomic E-state index is 3.58. The Morgan fingerprint density at radius 3 is 2.62 bits per heavy atom. The van der Waals surface area contributed by atoms with Crippen LogP contribution in [0.2, 0.25) is 0 Å². The Bertz CT molecular complexity index is 567. The molecule has 2 heterocycles. The average molecular weight is 395 g/mol. The second-order valence-electron chi connectivity index (χ2n) is 5.14. The molecular formula is C15H22BrCl2N3. The molecule has 1 aliphatic rings. The van der Waals surface area contributed by atoms with Crippen molar-refractivity contribution < 1.29 is 0 Å². The molecule has 21 heavy (non-hydrogen) atoms. The molecule has 0 aliphatic carbocycles. The average Bonchev–Trinajstić information content (AvgIpc) is 2.84. The summed E-state index contributed by atoms with van der Waals surface area (Å²) in [6, 6.07) is 6.98. The van der Waals surface area contributed by atoms with Gasteiger partial charge in [0, 0.05) is 53.8 Å². The lowest BCUT2D eigenvalue weighted by Gasteiger charge is -2.34. The molecule has 3 nitrogen and oxygen atoms in total. The second kappa shape index (κ2) is 8.39. The maximum Gasteiger partial charge on any atom is 0.0458 e. The van der Waals surface area contributed by atoms with Gasteiger partial charge < -0.3 is 10.3 Å². The lowest BCUT2D eigenvalue weighted by Crippen LogP contribution is -2.45. The van der Waals surface area contributed by atoms with Gasteiger partial charge in [0.2, 0.25) is 0 Å². The molecule has 0 spiro atoms. The normalized spacial score (nSPS) is 17.0. The van der Waals surface area contributed by atoms with E-state index in [1.165, 1.54) is 16.5 Å². The smallest absolute Gasteiger partial charge is 0.0458 e. The van der Waals surface area contributed by atoms with Crippen LogP contribution in [0.25, 0.3) is 10.9 Å². The van der Waals surface area contributed by atoms with Crippen LogP contribution in [0.15, 0.2) is 28.9 Å². The minimum absolute atomic E-state index is 0. The maximum absolute atomic E-state index is 3.58. The second-order valence-corrected chi connectivity index (χ2v) is 6.06. The van der Waals surface area contributed by atoms with Gasteiger partial charge in [-0.2, -0.15) is 0 Å². The molecule has 0 amide bonds. The van der Waals surface area contributed by atoms with Crippen LogP contribution in [0.1, 0.15) is 24.9 Å². The summed E-state index contributed by atoms with van der Waals surface area (Å²) in [5.74, 6) is 0. The molecule has 1 aromatic heterocycles. The van der Waals surface area contributed by atoms with Crippen LogP contribution in [0.5, 0.6) is 0 Å². The Morgan fingerprint density at radius 2 is 1.95 bits per heavy atom. The van der Waals surface area contributed by atoms with E-state index in [1.54, 1.807) is 0 Å². The Kier molecular flexibility index (Phi) is 7.51. The SMILES string of the molecule is CC[C@H](c1c[nH]c2ccc(Br)cc12)N1CCNCC1.Cl.Cl. The molecule has 0 unspecified atom stereocenters. The van der Waals surface area contributed by atoms with Crippen LogP contribution >= 0.6 is 40.7 Å². The molecular weight excluding hydrogens is 373 g/mol. The van der Waals surface area contributed by atoms with Crippen molar-refractivity contribution in [3.05, 3.63) is 34.4 Å². The van der Waals surface area contributed by atoms with E-state index in [-0.39, 0.29) is 24.8 Å². The molecule has 1 saturated heterocycles. The molecule has 1 fully saturated rings. The summed E-state index contributed by atoms with van der Waals surface area (Å²) in [5.41, 5.74) is 2.66. The molecule has 1 atom stereocenters. The summed E-state index contributed by atoms with van der Waals surface area (Å²) in [6.07, 6.45) is 3.34. The third-order valence-electron chi connectivity index (χ3n) is 4.01. The molecule has 3 rings (SSSR count). The fraction of sp³-hybridized carbons (Fsp3) is 0.467. The lowest BCUT2D eigenvalue weighted by molar-refractivity contribution is 0.170. The van der Waals surface area contributed by atoms with E-state index in [2.05, 4.69) is 62.5 Å². The van der Waals surface area contributed by atoms with Crippen molar-refractivity contribution in [1.29, 1.82) is 0 Å². The zero-order valence-corrected chi connectivity index (χ0v) is 15.3. The van der Waals surface area contributed by atoms with Gasteiger partial charge in [0.1, 0.15) is 0 Å². The molecule has 0 bridgehead atoms. The number of aromatic nitrogens is 1. The largest absolute Gasteiger partial charge is 0.361 e. The van der Waals surface area contributed by atoms with Crippen molar-refractivity contribution in [3.8, 4) is 0 Å². The van der Waals surface area contributed by atoms with Gasteiger partial charge in [0.15, 0.2) is 0 Å². The van der Waals surface area contributed by atoms with Crippen molar-refractivity contribution in [2.75, 3.05) is 26.2 Å². The third-order valence-corrected chi connectivity index (χ3v) is 4.51. The number of nitrogens with zero attached hydrogens (tertiary/aromatic N) is 1. The van der Waals surface area contributed by atoms with Gasteiger partial charge in [-0.05, 0) is 30.2 Å². The van der Waals surface area contributed by atoms with Crippen molar-refractivity contribution >= 4 is 51.6 Å². The number of benzene rings is 1. The highest BCUT2D eigenvalue weighted by Crippen LogP contribution is 2.32. The van der Waals surface area contributed by atoms with E-state index in [9.17, 15) is 0 Å². The van der Waals surface area contributed by atoms with Gasteiger partial charge >= 0.3 is 0 Å². The van der Waals surface area contributed by atoms with Gasteiger partial charge in [-0.3, -0.25) is 4.90 Å². The summed E-state index contributed by atoms with van der Waals surface area (Å²) in [7, 11) is 0. The van der Waals surface area contributed by atoms with Crippen LogP contribution in [0.3, 0.4) is 0 Å². The number of hydrogen-bond acceptors (Lipinski definition) is 2. The van der Waals surface area contributed by atoms with Crippen molar-refractivity contribution in [2.24, 2.45) is 0 Å². The lowest BCUT2D eigenvalue weighted by atomic mass is 10.0. The Hall–Kier alpha value is -0.260. The van der Waals surface area contributed by atoms with Gasteiger partial charge in [-0.25, -0.2) is 0 Å². The first-order valence-corrected chi connectivity index (χ1v) is 7.80. The fourth-order valence-electron chi connectivity index (χ4n) is 3.06. The van der Waals surface area contributed by atoms with Gasteiger partial charge in [-0.15, -0.1) is 24.8 Å². The van der Waals surface area contributed by atoms with Crippen molar-refractivity contribution in [1.82, 2.24) is 15.2 Å². The minimum atomic E-state index is 0. The summed E-state index contributed by atoms with van der Waals surface area (Å²) < 4.78 is 1.15. The summed E-state index contributed by atoms with van der Waals surface area (Å²) >= 11 is 3.58. The van der Waals surface area contributed by atoms with E-state index < -0.39 is 0 Å². The Morgan fingerprint density at radius 1 is 1.24 bits per heavy atom. The van der Waals surface area contributed by atoms with E-state index in [0.29, 0.717) is 6.04 Å². The molecule has 0 saturated carbocycles. The van der Waals surface area contributed by atoms with Crippen LogP contribution in [0.4, 0.5) is 0 Å². The fourth-order valence-corrected chi connectivity index (χ4v) is 3.42. The molecule has 6 heteroatoms. The molecule has 1 aliphatic heterocycles. The molecule has 0 radical (unpaired) electrons. The predicted molar refractivity (Wildman–Crippen MR) is 98.0 cm³/mol. The molecule has 2 aromatic rings. The number of aromatic amines is 1. The predicted octanol–water partition coefficient (Wildman–Crippen LogP) is 4.13. The highest BCUT2D eigenvalue weighted by atomic mass is 79.9. The summed E-state index contributed by atoms with van der Waals surface area (Å²) in [4.78, 5) is 6.00. The topological polar surface area (TPSA) is 31.1 Å². The van der Waals surface area contributed by atoms with Gasteiger partial charge in [0.25, 0.3) is 0 Å². The Labute approximate surface area is 146 Å². The minimum Gasteiger partial charge on any atom is -0.361 e. The number of nitrogens with one attached hydrogen (secondary N) is 2. The van der Waals surface area contributed by atoms with E-state index >= 15 is 0 Å². The van der Waals surface area contributed by atoms with Crippen LogP contribution in [0, 0.1) is 0 Å². The third kappa shape index (κ3) is 3.93. The number of rotatable bonds is 3. The van der Waals surface area contributed by atoms with Gasteiger partial charge in [0.05, 0.1) is 0 Å². The first kappa shape index (κ1) is 18.8. The number of fused-ring (bicyclic) bond motifs is 1. The number of hydrogen-bond donors (Lipinski definition) is 2. The van der Waals surface area contributed by atoms with Crippen molar-refractivity contribution in [3.63, 3.8) is 0 Å². The van der Waals surface area contributed by atoms with Crippen LogP contribution in [-0.2, 0) is 0 Å². The van der Waals surface area contributed by atoms with Crippen LogP contribution < -0.4 is 5.32 Å². The Balaban J connectivity index is 0.00000110. The van der Waals surface area contributed by atoms with Crippen LogP contribution in [-0.4, -0.2) is 36.1 Å². The highest BCUT2D eigenvalue weighted by molar-refractivity contribution is 9.10. The van der Waals surface area contributed by atoms with Gasteiger partial charge in [-0.1, -0.05) is 22.9 Å². The summed E-state index contributed by atoms with van der Waals surface area (Å²) in [5, 5.41) is 4.78. The molecule has 2 N–H and O–H groups in total. The molecule has 118 valence electrons. The number of piperazine rings is 1. The number of halogens is 3. The zero-order chi connectivity index (χ0) is 13.2. The van der Waals surface area contributed by atoms with Crippen molar-refractivity contribution in [2.45, 2.75) is 19.4 Å². The first-order valence-electron chi connectivity index (χ1n) is 7.01. The number of H-pyrrole nitrogens is 1. The highest BCUT2D eigenvalue weighted by Gasteiger charge is 2.22. The van der Waals surface area contributed by atoms with E-state index in [1.807, 2.05) is 0 Å². The summed E-state index contributed by atoms with van der Waals surface area (Å²) in [6.45, 7) is 6.76. The quantitative estimate of drug-likeness (QED) is 0.819. The van der Waals surface area contributed by atoms with E-state index in [4.69, 9.17) is 0 Å². The monoisotopic (exact) mass is 393 g/mol. The first-order chi connectivity index (χ1) is 9.29. The van der Waals surface area contributed by atoms with E-state index in [0.717, 1.165) is 37.1 Å². The zero-order valence-electron chi connectivity index (χ0n) is 12.1. The standard InChI is InChI=1S/C15H20BrN3.2ClH/c1-2-15(19-7-5-17-6-8-19)13-10-18-14-4-3-11(16)9-12(13)14;;/h3-4,9-10,15,17-18H,2,5-8H2,1H3;2*1H/t15-;;/m1../s1. The molecule has 1 aromatic carbocycles.